The molecule has 0 fully saturated rings. The van der Waals surface area contributed by atoms with Crippen LogP contribution in [0.3, 0.4) is 0 Å². The van der Waals surface area contributed by atoms with Crippen LogP contribution in [0.2, 0.25) is 0 Å². The van der Waals surface area contributed by atoms with E-state index in [0.29, 0.717) is 16.7 Å². The predicted octanol–water partition coefficient (Wildman–Crippen LogP) is 6.27. The average molecular weight is 531 g/mol. The lowest BCUT2D eigenvalue weighted by atomic mass is 10.1. The van der Waals surface area contributed by atoms with E-state index in [0.717, 1.165) is 20.4 Å². The monoisotopic (exact) mass is 531 g/mol. The first kappa shape index (κ1) is 20.7. The van der Waals surface area contributed by atoms with Gasteiger partial charge in [-0.2, -0.15) is 0 Å². The Hall–Kier alpha value is -3.19. The number of nitrogens with zero attached hydrogens (tertiary/aromatic N) is 3. The molecule has 0 amide bonds. The molecule has 32 heavy (non-hydrogen) atoms. The molecule has 2 aromatic heterocycles. The van der Waals surface area contributed by atoms with E-state index in [1.807, 2.05) is 55.5 Å². The average Bonchev–Trinajstić information content (AvgIpc) is 3.04. The molecule has 5 aromatic rings. The Morgan fingerprint density at radius 3 is 2.47 bits per heavy atom. The van der Waals surface area contributed by atoms with Gasteiger partial charge in [0.2, 0.25) is 0 Å². The van der Waals surface area contributed by atoms with E-state index in [2.05, 4.69) is 71.5 Å². The quantitative estimate of drug-likeness (QED) is 0.258. The van der Waals surface area contributed by atoms with Crippen molar-refractivity contribution in [2.75, 3.05) is 0 Å². The summed E-state index contributed by atoms with van der Waals surface area (Å²) in [6, 6.07) is 22.1. The summed E-state index contributed by atoms with van der Waals surface area (Å²) >= 11 is 2.23. The Labute approximate surface area is 200 Å². The van der Waals surface area contributed by atoms with Gasteiger partial charge in [-0.25, -0.2) is 4.98 Å². The van der Waals surface area contributed by atoms with E-state index in [1.165, 1.54) is 16.6 Å². The van der Waals surface area contributed by atoms with Gasteiger partial charge < -0.3 is 4.57 Å². The van der Waals surface area contributed by atoms with Gasteiger partial charge >= 0.3 is 0 Å². The summed E-state index contributed by atoms with van der Waals surface area (Å²) in [6.45, 7) is 4.13. The zero-order chi connectivity index (χ0) is 22.4. The fourth-order valence-corrected chi connectivity index (χ4v) is 4.74. The highest BCUT2D eigenvalue weighted by atomic mass is 127. The van der Waals surface area contributed by atoms with Crippen LogP contribution in [0, 0.1) is 17.4 Å². The highest BCUT2D eigenvalue weighted by molar-refractivity contribution is 14.1. The first-order chi connectivity index (χ1) is 15.5. The number of aryl methyl sites for hydroxylation is 2. The van der Waals surface area contributed by atoms with Gasteiger partial charge in [-0.3, -0.25) is 9.36 Å². The fourth-order valence-electron chi connectivity index (χ4n) is 4.25. The molecule has 0 N–H and O–H groups in total. The minimum Gasteiger partial charge on any atom is -0.347 e. The third-order valence-corrected chi connectivity index (χ3v) is 6.73. The molecule has 5 heteroatoms. The number of fused-ring (bicyclic) bond motifs is 2. The summed E-state index contributed by atoms with van der Waals surface area (Å²) in [4.78, 5) is 18.5. The van der Waals surface area contributed by atoms with Crippen LogP contribution >= 0.6 is 22.6 Å². The normalized spacial score (nSPS) is 11.8. The molecular weight excluding hydrogens is 509 g/mol. The Morgan fingerprint density at radius 1 is 0.906 bits per heavy atom. The first-order valence-corrected chi connectivity index (χ1v) is 11.5. The second-order valence-corrected chi connectivity index (χ2v) is 9.21. The highest BCUT2D eigenvalue weighted by Gasteiger charge is 2.14. The predicted molar refractivity (Wildman–Crippen MR) is 141 cm³/mol. The maximum absolute atomic E-state index is 13.6. The molecule has 0 bridgehead atoms. The summed E-state index contributed by atoms with van der Waals surface area (Å²) in [6.07, 6.45) is 4.03. The Morgan fingerprint density at radius 2 is 1.66 bits per heavy atom. The van der Waals surface area contributed by atoms with Crippen LogP contribution in [-0.2, 0) is 7.05 Å². The van der Waals surface area contributed by atoms with Crippen molar-refractivity contribution in [1.29, 1.82) is 0 Å². The van der Waals surface area contributed by atoms with Crippen LogP contribution in [0.25, 0.3) is 39.6 Å². The molecule has 0 aliphatic carbocycles. The molecule has 0 aliphatic rings. The number of benzene rings is 3. The van der Waals surface area contributed by atoms with Crippen LogP contribution in [-0.4, -0.2) is 14.1 Å². The third-order valence-electron chi connectivity index (χ3n) is 6.06. The number of hydrogen-bond donors (Lipinski definition) is 0. The Balaban J connectivity index is 1.79. The number of para-hydroxylation sites is 2. The van der Waals surface area contributed by atoms with Gasteiger partial charge in [0.05, 0.1) is 16.6 Å². The molecule has 0 saturated carbocycles. The van der Waals surface area contributed by atoms with Crippen molar-refractivity contribution in [3.05, 3.63) is 103 Å². The molecule has 0 atom stereocenters. The van der Waals surface area contributed by atoms with Crippen molar-refractivity contribution in [1.82, 2.24) is 14.1 Å². The maximum atomic E-state index is 13.6. The van der Waals surface area contributed by atoms with Crippen LogP contribution in [0.5, 0.6) is 0 Å². The number of halogens is 1. The Bertz CT molecular complexity index is 1590. The largest absolute Gasteiger partial charge is 0.347 e. The van der Waals surface area contributed by atoms with E-state index < -0.39 is 0 Å². The minimum absolute atomic E-state index is 0.0582. The van der Waals surface area contributed by atoms with E-state index in [9.17, 15) is 4.79 Å². The van der Waals surface area contributed by atoms with Gasteiger partial charge in [-0.15, -0.1) is 0 Å². The summed E-state index contributed by atoms with van der Waals surface area (Å²) in [5.74, 6) is 0.616. The first-order valence-electron chi connectivity index (χ1n) is 10.5. The van der Waals surface area contributed by atoms with E-state index in [4.69, 9.17) is 4.98 Å². The van der Waals surface area contributed by atoms with Gasteiger partial charge in [0.15, 0.2) is 0 Å². The van der Waals surface area contributed by atoms with Crippen molar-refractivity contribution in [3.8, 4) is 5.69 Å². The van der Waals surface area contributed by atoms with Gasteiger partial charge in [-0.05, 0) is 84.5 Å². The molecule has 0 aliphatic heterocycles. The summed E-state index contributed by atoms with van der Waals surface area (Å²) in [5.41, 5.74) is 6.00. The van der Waals surface area contributed by atoms with E-state index in [1.54, 1.807) is 4.57 Å². The van der Waals surface area contributed by atoms with Crippen molar-refractivity contribution in [2.45, 2.75) is 13.8 Å². The maximum Gasteiger partial charge on any atom is 0.266 e. The van der Waals surface area contributed by atoms with Crippen molar-refractivity contribution in [2.24, 2.45) is 7.05 Å². The lowest BCUT2D eigenvalue weighted by molar-refractivity contribution is 0.916. The van der Waals surface area contributed by atoms with Crippen molar-refractivity contribution in [3.63, 3.8) is 0 Å². The van der Waals surface area contributed by atoms with Gasteiger partial charge in [-0.1, -0.05) is 36.4 Å². The van der Waals surface area contributed by atoms with E-state index in [-0.39, 0.29) is 5.56 Å². The van der Waals surface area contributed by atoms with Crippen LogP contribution < -0.4 is 5.56 Å². The van der Waals surface area contributed by atoms with Crippen molar-refractivity contribution >= 4 is 56.5 Å². The summed E-state index contributed by atoms with van der Waals surface area (Å²) in [5, 5.41) is 1.81. The third kappa shape index (κ3) is 3.37. The van der Waals surface area contributed by atoms with Gasteiger partial charge in [0.1, 0.15) is 5.82 Å². The molecule has 4 nitrogen and oxygen atoms in total. The molecular formula is C27H22IN3O. The second kappa shape index (κ2) is 8.06. The summed E-state index contributed by atoms with van der Waals surface area (Å²) < 4.78 is 4.93. The number of aromatic nitrogens is 3. The molecule has 5 rings (SSSR count). The van der Waals surface area contributed by atoms with Gasteiger partial charge in [0, 0.05) is 32.8 Å². The molecule has 158 valence electrons. The molecule has 0 unspecified atom stereocenters. The molecule has 0 saturated heterocycles. The molecule has 0 radical (unpaired) electrons. The lowest BCUT2D eigenvalue weighted by Gasteiger charge is -2.14. The smallest absolute Gasteiger partial charge is 0.266 e. The fraction of sp³-hybridized carbons (Fsp3) is 0.111. The Kier molecular flexibility index (Phi) is 5.21. The lowest BCUT2D eigenvalue weighted by Crippen LogP contribution is -2.23. The zero-order valence-corrected chi connectivity index (χ0v) is 20.3. The van der Waals surface area contributed by atoms with Gasteiger partial charge in [0.25, 0.3) is 5.56 Å². The number of hydrogen-bond acceptors (Lipinski definition) is 2. The summed E-state index contributed by atoms with van der Waals surface area (Å²) in [7, 11) is 2.08. The van der Waals surface area contributed by atoms with Crippen LogP contribution in [0.4, 0.5) is 0 Å². The molecule has 3 aromatic carbocycles. The topological polar surface area (TPSA) is 39.8 Å². The minimum atomic E-state index is -0.0582. The SMILES string of the molecule is Cc1ccccc1-n1c(C=Cc2c(C)n(C)c3ccccc23)nc2ccc(I)cc2c1=O. The zero-order valence-electron chi connectivity index (χ0n) is 18.1. The molecule has 2 heterocycles. The standard InChI is InChI=1S/C27H22IN3O/c1-17-8-4-6-10-24(17)31-26(29-23-14-12-19(28)16-22(23)27(31)32)15-13-20-18(2)30(3)25-11-7-5-9-21(20)25/h4-16H,1-3H3. The highest BCUT2D eigenvalue weighted by Crippen LogP contribution is 2.27. The van der Waals surface area contributed by atoms with Crippen LogP contribution in [0.1, 0.15) is 22.6 Å². The van der Waals surface area contributed by atoms with Crippen molar-refractivity contribution < 1.29 is 0 Å². The van der Waals surface area contributed by atoms with Crippen LogP contribution in [0.15, 0.2) is 71.5 Å². The van der Waals surface area contributed by atoms with E-state index >= 15 is 0 Å². The second-order valence-electron chi connectivity index (χ2n) is 7.97. The number of rotatable bonds is 3. The molecule has 0 spiro atoms.